The molecule has 3 fully saturated rings. The second-order valence-corrected chi connectivity index (χ2v) is 7.40. The van der Waals surface area contributed by atoms with Crippen molar-refractivity contribution in [1.29, 1.82) is 0 Å². The van der Waals surface area contributed by atoms with E-state index in [0.29, 0.717) is 28.8 Å². The predicted octanol–water partition coefficient (Wildman–Crippen LogP) is 2.78. The Balaban J connectivity index is 1.46. The molecular weight excluding hydrogens is 303 g/mol. The lowest BCUT2D eigenvalue weighted by Gasteiger charge is -2.19. The standard InChI is InChI=1S/C17H20ClFN2O/c18-13-2-1-3-14(19)16(13)10-6-11(10)17(22)21-7-9-4-5-15(20)12(9)8-21/h1-3,9-12,15H,4-8,20H2. The first kappa shape index (κ1) is 14.5. The van der Waals surface area contributed by atoms with Gasteiger partial charge in [-0.1, -0.05) is 17.7 Å². The lowest BCUT2D eigenvalue weighted by atomic mass is 9.98. The van der Waals surface area contributed by atoms with Gasteiger partial charge in [-0.2, -0.15) is 0 Å². The molecule has 5 unspecified atom stereocenters. The number of nitrogens with zero attached hydrogens (tertiary/aromatic N) is 1. The van der Waals surface area contributed by atoms with Gasteiger partial charge in [0.25, 0.3) is 0 Å². The first-order chi connectivity index (χ1) is 10.6. The molecule has 1 heterocycles. The quantitative estimate of drug-likeness (QED) is 0.910. The molecule has 2 saturated carbocycles. The first-order valence-corrected chi connectivity index (χ1v) is 8.42. The van der Waals surface area contributed by atoms with Crippen molar-refractivity contribution in [1.82, 2.24) is 4.90 Å². The van der Waals surface area contributed by atoms with Gasteiger partial charge in [-0.3, -0.25) is 4.79 Å². The van der Waals surface area contributed by atoms with Crippen molar-refractivity contribution >= 4 is 17.5 Å². The van der Waals surface area contributed by atoms with Crippen LogP contribution < -0.4 is 5.73 Å². The maximum atomic E-state index is 14.0. The fourth-order valence-corrected chi connectivity index (χ4v) is 4.68. The van der Waals surface area contributed by atoms with E-state index in [1.165, 1.54) is 6.07 Å². The van der Waals surface area contributed by atoms with E-state index < -0.39 is 0 Å². The zero-order valence-electron chi connectivity index (χ0n) is 12.3. The number of likely N-dealkylation sites (tertiary alicyclic amines) is 1. The minimum Gasteiger partial charge on any atom is -0.342 e. The number of hydrogen-bond donors (Lipinski definition) is 1. The Morgan fingerprint density at radius 3 is 2.86 bits per heavy atom. The van der Waals surface area contributed by atoms with Gasteiger partial charge in [-0.15, -0.1) is 0 Å². The predicted molar refractivity (Wildman–Crippen MR) is 83.0 cm³/mol. The fourth-order valence-electron chi connectivity index (χ4n) is 4.37. The number of rotatable bonds is 2. The monoisotopic (exact) mass is 322 g/mol. The maximum Gasteiger partial charge on any atom is 0.226 e. The molecule has 0 radical (unpaired) electrons. The molecule has 22 heavy (non-hydrogen) atoms. The normalized spacial score (nSPS) is 36.5. The van der Waals surface area contributed by atoms with Gasteiger partial charge in [-0.25, -0.2) is 4.39 Å². The molecule has 3 nitrogen and oxygen atoms in total. The summed E-state index contributed by atoms with van der Waals surface area (Å²) >= 11 is 6.11. The van der Waals surface area contributed by atoms with Crippen molar-refractivity contribution in [2.75, 3.05) is 13.1 Å². The molecule has 5 heteroatoms. The van der Waals surface area contributed by atoms with Gasteiger partial charge in [0, 0.05) is 41.6 Å². The SMILES string of the molecule is NC1CCC2CN(C(=O)C3CC3c3c(F)cccc3Cl)CC12. The number of carbonyl (C=O) groups is 1. The van der Waals surface area contributed by atoms with Crippen LogP contribution in [0.4, 0.5) is 4.39 Å². The summed E-state index contributed by atoms with van der Waals surface area (Å²) in [4.78, 5) is 14.6. The van der Waals surface area contributed by atoms with Crippen LogP contribution >= 0.6 is 11.6 Å². The highest BCUT2D eigenvalue weighted by Gasteiger charge is 2.51. The molecule has 2 N–H and O–H groups in total. The number of amides is 1. The number of hydrogen-bond acceptors (Lipinski definition) is 2. The summed E-state index contributed by atoms with van der Waals surface area (Å²) < 4.78 is 14.0. The van der Waals surface area contributed by atoms with E-state index in [4.69, 9.17) is 17.3 Å². The number of fused-ring (bicyclic) bond motifs is 1. The molecule has 1 aliphatic heterocycles. The van der Waals surface area contributed by atoms with E-state index in [9.17, 15) is 9.18 Å². The van der Waals surface area contributed by atoms with E-state index in [0.717, 1.165) is 25.9 Å². The third-order valence-corrected chi connectivity index (χ3v) is 6.03. The van der Waals surface area contributed by atoms with Crippen molar-refractivity contribution in [2.24, 2.45) is 23.5 Å². The number of nitrogens with two attached hydrogens (primary N) is 1. The summed E-state index contributed by atoms with van der Waals surface area (Å²) in [6.45, 7) is 1.60. The molecule has 0 aromatic heterocycles. The molecule has 1 aromatic rings. The lowest BCUT2D eigenvalue weighted by Crippen LogP contribution is -2.34. The van der Waals surface area contributed by atoms with Gasteiger partial charge in [0.15, 0.2) is 0 Å². The largest absolute Gasteiger partial charge is 0.342 e. The molecule has 1 saturated heterocycles. The van der Waals surface area contributed by atoms with Gasteiger partial charge in [-0.05, 0) is 43.2 Å². The van der Waals surface area contributed by atoms with E-state index in [1.54, 1.807) is 12.1 Å². The van der Waals surface area contributed by atoms with Crippen LogP contribution in [0.1, 0.15) is 30.7 Å². The molecule has 5 atom stereocenters. The van der Waals surface area contributed by atoms with Crippen molar-refractivity contribution in [3.8, 4) is 0 Å². The highest BCUT2D eigenvalue weighted by molar-refractivity contribution is 6.31. The molecule has 0 spiro atoms. The Labute approximate surface area is 134 Å². The zero-order valence-corrected chi connectivity index (χ0v) is 13.1. The Hall–Kier alpha value is -1.13. The van der Waals surface area contributed by atoms with E-state index >= 15 is 0 Å². The van der Waals surface area contributed by atoms with Crippen molar-refractivity contribution in [2.45, 2.75) is 31.2 Å². The molecule has 1 aromatic carbocycles. The highest BCUT2D eigenvalue weighted by Crippen LogP contribution is 2.52. The molecule has 2 aliphatic carbocycles. The van der Waals surface area contributed by atoms with Gasteiger partial charge < -0.3 is 10.6 Å². The second-order valence-electron chi connectivity index (χ2n) is 6.99. The van der Waals surface area contributed by atoms with Gasteiger partial charge in [0.1, 0.15) is 5.82 Å². The molecule has 1 amide bonds. The van der Waals surface area contributed by atoms with Crippen molar-refractivity contribution in [3.63, 3.8) is 0 Å². The number of benzene rings is 1. The van der Waals surface area contributed by atoms with Crippen LogP contribution in [-0.2, 0) is 4.79 Å². The van der Waals surface area contributed by atoms with E-state index in [1.807, 2.05) is 4.90 Å². The third kappa shape index (κ3) is 2.24. The van der Waals surface area contributed by atoms with Crippen LogP contribution in [-0.4, -0.2) is 29.9 Å². The summed E-state index contributed by atoms with van der Waals surface area (Å²) in [6.07, 6.45) is 2.91. The van der Waals surface area contributed by atoms with Gasteiger partial charge in [0.2, 0.25) is 5.91 Å². The van der Waals surface area contributed by atoms with Crippen molar-refractivity contribution < 1.29 is 9.18 Å². The smallest absolute Gasteiger partial charge is 0.226 e. The Bertz CT molecular complexity index is 602. The Morgan fingerprint density at radius 2 is 2.14 bits per heavy atom. The second kappa shape index (κ2) is 5.20. The zero-order chi connectivity index (χ0) is 15.4. The van der Waals surface area contributed by atoms with E-state index in [-0.39, 0.29) is 29.6 Å². The molecule has 0 bridgehead atoms. The maximum absolute atomic E-state index is 14.0. The topological polar surface area (TPSA) is 46.3 Å². The number of halogens is 2. The summed E-state index contributed by atoms with van der Waals surface area (Å²) in [7, 11) is 0. The summed E-state index contributed by atoms with van der Waals surface area (Å²) in [5.74, 6) is 0.713. The van der Waals surface area contributed by atoms with Crippen LogP contribution in [0, 0.1) is 23.6 Å². The summed E-state index contributed by atoms with van der Waals surface area (Å²) in [5.41, 5.74) is 6.64. The molecule has 118 valence electrons. The Kier molecular flexibility index (Phi) is 3.42. The molecular formula is C17H20ClFN2O. The summed E-state index contributed by atoms with van der Waals surface area (Å²) in [6, 6.07) is 4.95. The first-order valence-electron chi connectivity index (χ1n) is 8.04. The minimum absolute atomic E-state index is 0.0599. The minimum atomic E-state index is -0.298. The third-order valence-electron chi connectivity index (χ3n) is 5.70. The van der Waals surface area contributed by atoms with Gasteiger partial charge >= 0.3 is 0 Å². The molecule has 3 aliphatic rings. The summed E-state index contributed by atoms with van der Waals surface area (Å²) in [5, 5.41) is 0.431. The van der Waals surface area contributed by atoms with E-state index in [2.05, 4.69) is 0 Å². The van der Waals surface area contributed by atoms with Crippen LogP contribution in [0.2, 0.25) is 5.02 Å². The average molecular weight is 323 g/mol. The van der Waals surface area contributed by atoms with Crippen LogP contribution in [0.5, 0.6) is 0 Å². The van der Waals surface area contributed by atoms with Crippen LogP contribution in [0.3, 0.4) is 0 Å². The van der Waals surface area contributed by atoms with Crippen LogP contribution in [0.25, 0.3) is 0 Å². The Morgan fingerprint density at radius 1 is 1.32 bits per heavy atom. The van der Waals surface area contributed by atoms with Crippen molar-refractivity contribution in [3.05, 3.63) is 34.6 Å². The average Bonchev–Trinajstić information content (AvgIpc) is 3.01. The fraction of sp³-hybridized carbons (Fsp3) is 0.588. The lowest BCUT2D eigenvalue weighted by molar-refractivity contribution is -0.131. The highest BCUT2D eigenvalue weighted by atomic mass is 35.5. The molecule has 4 rings (SSSR count). The van der Waals surface area contributed by atoms with Gasteiger partial charge in [0.05, 0.1) is 0 Å². The number of carbonyl (C=O) groups excluding carboxylic acids is 1. The van der Waals surface area contributed by atoms with Crippen LogP contribution in [0.15, 0.2) is 18.2 Å².